The van der Waals surface area contributed by atoms with E-state index < -0.39 is 12.0 Å². The molecule has 0 radical (unpaired) electrons. The molecule has 0 bridgehead atoms. The zero-order valence-electron chi connectivity index (χ0n) is 9.67. The number of aromatic nitrogens is 1. The number of hydrogen-bond donors (Lipinski definition) is 1. The van der Waals surface area contributed by atoms with E-state index in [1.807, 2.05) is 0 Å². The van der Waals surface area contributed by atoms with Gasteiger partial charge in [0.25, 0.3) is 5.91 Å². The molecule has 6 heteroatoms. The van der Waals surface area contributed by atoms with Gasteiger partial charge in [-0.3, -0.25) is 4.79 Å². The molecular formula is C12H13ClN2O3. The van der Waals surface area contributed by atoms with Crippen molar-refractivity contribution in [2.45, 2.75) is 25.3 Å². The van der Waals surface area contributed by atoms with Gasteiger partial charge in [-0.2, -0.15) is 0 Å². The van der Waals surface area contributed by atoms with Gasteiger partial charge in [-0.05, 0) is 31.4 Å². The summed E-state index contributed by atoms with van der Waals surface area (Å²) in [5.41, 5.74) is 0.190. The number of likely N-dealkylation sites (tertiary alicyclic amines) is 1. The quantitative estimate of drug-likeness (QED) is 0.831. The number of piperidine rings is 1. The summed E-state index contributed by atoms with van der Waals surface area (Å²) in [6.07, 6.45) is 2.13. The fourth-order valence-corrected chi connectivity index (χ4v) is 2.27. The van der Waals surface area contributed by atoms with Crippen LogP contribution >= 0.6 is 11.6 Å². The number of pyridine rings is 1. The highest BCUT2D eigenvalue weighted by atomic mass is 35.5. The van der Waals surface area contributed by atoms with Gasteiger partial charge in [-0.1, -0.05) is 17.7 Å². The second-order valence-corrected chi connectivity index (χ2v) is 4.58. The molecule has 18 heavy (non-hydrogen) atoms. The maximum atomic E-state index is 12.2. The molecule has 0 saturated carbocycles. The third kappa shape index (κ3) is 2.61. The van der Waals surface area contributed by atoms with Gasteiger partial charge in [-0.15, -0.1) is 0 Å². The van der Waals surface area contributed by atoms with Crippen molar-refractivity contribution in [3.63, 3.8) is 0 Å². The van der Waals surface area contributed by atoms with Crippen LogP contribution < -0.4 is 0 Å². The van der Waals surface area contributed by atoms with Gasteiger partial charge < -0.3 is 10.0 Å². The van der Waals surface area contributed by atoms with Crippen LogP contribution in [-0.4, -0.2) is 39.5 Å². The van der Waals surface area contributed by atoms with Crippen LogP contribution in [0, 0.1) is 0 Å². The lowest BCUT2D eigenvalue weighted by Gasteiger charge is -2.32. The second kappa shape index (κ2) is 5.35. The third-order valence-electron chi connectivity index (χ3n) is 2.98. The minimum Gasteiger partial charge on any atom is -0.480 e. The van der Waals surface area contributed by atoms with E-state index in [1.54, 1.807) is 18.2 Å². The molecular weight excluding hydrogens is 256 g/mol. The van der Waals surface area contributed by atoms with Crippen molar-refractivity contribution in [2.75, 3.05) is 6.54 Å². The van der Waals surface area contributed by atoms with Crippen molar-refractivity contribution >= 4 is 23.5 Å². The molecule has 0 aliphatic carbocycles. The predicted molar refractivity (Wildman–Crippen MR) is 65.6 cm³/mol. The summed E-state index contributed by atoms with van der Waals surface area (Å²) in [6, 6.07) is 3.99. The van der Waals surface area contributed by atoms with E-state index in [2.05, 4.69) is 4.98 Å². The standard InChI is InChI=1S/C12H13ClN2O3/c13-10-6-3-4-8(14-10)11(16)15-7-2-1-5-9(15)12(17)18/h3-4,6,9H,1-2,5,7H2,(H,17,18). The number of aliphatic carboxylic acids is 1. The van der Waals surface area contributed by atoms with Crippen molar-refractivity contribution < 1.29 is 14.7 Å². The Hall–Kier alpha value is -1.62. The zero-order valence-corrected chi connectivity index (χ0v) is 10.4. The molecule has 1 amide bonds. The average Bonchev–Trinajstić information content (AvgIpc) is 2.38. The molecule has 1 aromatic heterocycles. The first kappa shape index (κ1) is 12.8. The molecule has 1 unspecified atom stereocenters. The first-order chi connectivity index (χ1) is 8.59. The minimum atomic E-state index is -0.968. The van der Waals surface area contributed by atoms with Crippen molar-refractivity contribution in [2.24, 2.45) is 0 Å². The van der Waals surface area contributed by atoms with Crippen LogP contribution in [0.25, 0.3) is 0 Å². The molecule has 1 N–H and O–H groups in total. The topological polar surface area (TPSA) is 70.5 Å². The summed E-state index contributed by atoms with van der Waals surface area (Å²) in [6.45, 7) is 0.448. The Morgan fingerprint density at radius 3 is 2.83 bits per heavy atom. The Morgan fingerprint density at radius 2 is 2.17 bits per heavy atom. The SMILES string of the molecule is O=C(O)C1CCCCN1C(=O)c1cccc(Cl)n1. The highest BCUT2D eigenvalue weighted by molar-refractivity contribution is 6.29. The van der Waals surface area contributed by atoms with E-state index in [-0.39, 0.29) is 16.8 Å². The molecule has 1 atom stereocenters. The molecule has 0 spiro atoms. The number of halogens is 1. The molecule has 2 heterocycles. The Balaban J connectivity index is 2.23. The molecule has 1 saturated heterocycles. The molecule has 0 aromatic carbocycles. The van der Waals surface area contributed by atoms with Crippen LogP contribution in [0.2, 0.25) is 5.15 Å². The molecule has 1 aliphatic rings. The van der Waals surface area contributed by atoms with Crippen LogP contribution in [0.5, 0.6) is 0 Å². The molecule has 1 aromatic rings. The number of rotatable bonds is 2. The van der Waals surface area contributed by atoms with Gasteiger partial charge in [-0.25, -0.2) is 9.78 Å². The first-order valence-electron chi connectivity index (χ1n) is 5.76. The van der Waals surface area contributed by atoms with E-state index >= 15 is 0 Å². The van der Waals surface area contributed by atoms with Gasteiger partial charge >= 0.3 is 5.97 Å². The molecule has 1 fully saturated rings. The van der Waals surface area contributed by atoms with E-state index in [0.29, 0.717) is 13.0 Å². The number of amides is 1. The minimum absolute atomic E-state index is 0.190. The number of carboxylic acids is 1. The number of carboxylic acid groups (broad SMARTS) is 1. The van der Waals surface area contributed by atoms with Crippen LogP contribution in [0.15, 0.2) is 18.2 Å². The van der Waals surface area contributed by atoms with Crippen molar-refractivity contribution in [1.82, 2.24) is 9.88 Å². The normalized spacial score (nSPS) is 19.6. The number of nitrogens with zero attached hydrogens (tertiary/aromatic N) is 2. The lowest BCUT2D eigenvalue weighted by molar-refractivity contribution is -0.143. The maximum absolute atomic E-state index is 12.2. The van der Waals surface area contributed by atoms with Gasteiger partial charge in [0, 0.05) is 6.54 Å². The fourth-order valence-electron chi connectivity index (χ4n) is 2.11. The van der Waals surface area contributed by atoms with E-state index in [9.17, 15) is 9.59 Å². The van der Waals surface area contributed by atoms with E-state index in [4.69, 9.17) is 16.7 Å². The first-order valence-corrected chi connectivity index (χ1v) is 6.13. The summed E-state index contributed by atoms with van der Waals surface area (Å²) in [4.78, 5) is 28.6. The smallest absolute Gasteiger partial charge is 0.326 e. The van der Waals surface area contributed by atoms with Gasteiger partial charge in [0.2, 0.25) is 0 Å². The largest absolute Gasteiger partial charge is 0.480 e. The summed E-state index contributed by atoms with van der Waals surface area (Å²) in [5.74, 6) is -1.34. The average molecular weight is 269 g/mol. The van der Waals surface area contributed by atoms with Crippen LogP contribution in [-0.2, 0) is 4.79 Å². The highest BCUT2D eigenvalue weighted by Crippen LogP contribution is 2.19. The van der Waals surface area contributed by atoms with Crippen molar-refractivity contribution in [3.05, 3.63) is 29.0 Å². The monoisotopic (exact) mass is 268 g/mol. The number of carbonyl (C=O) groups excluding carboxylic acids is 1. The second-order valence-electron chi connectivity index (χ2n) is 4.19. The summed E-state index contributed by atoms with van der Waals surface area (Å²) < 4.78 is 0. The van der Waals surface area contributed by atoms with Gasteiger partial charge in [0.1, 0.15) is 16.9 Å². The molecule has 5 nitrogen and oxygen atoms in total. The third-order valence-corrected chi connectivity index (χ3v) is 3.19. The number of carbonyl (C=O) groups is 2. The van der Waals surface area contributed by atoms with Crippen LogP contribution in [0.3, 0.4) is 0 Å². The molecule has 2 rings (SSSR count). The van der Waals surface area contributed by atoms with Gasteiger partial charge in [0.15, 0.2) is 0 Å². The maximum Gasteiger partial charge on any atom is 0.326 e. The predicted octanol–water partition coefficient (Wildman–Crippen LogP) is 1.81. The lowest BCUT2D eigenvalue weighted by Crippen LogP contribution is -2.48. The summed E-state index contributed by atoms with van der Waals surface area (Å²) in [5, 5.41) is 9.35. The van der Waals surface area contributed by atoms with E-state index in [0.717, 1.165) is 12.8 Å². The lowest BCUT2D eigenvalue weighted by atomic mass is 10.0. The van der Waals surface area contributed by atoms with Gasteiger partial charge in [0.05, 0.1) is 0 Å². The van der Waals surface area contributed by atoms with Crippen molar-refractivity contribution in [1.29, 1.82) is 0 Å². The van der Waals surface area contributed by atoms with Crippen molar-refractivity contribution in [3.8, 4) is 0 Å². The van der Waals surface area contributed by atoms with E-state index in [1.165, 1.54) is 4.90 Å². The summed E-state index contributed by atoms with van der Waals surface area (Å²) >= 11 is 5.73. The number of hydrogen-bond acceptors (Lipinski definition) is 3. The Labute approximate surface area is 109 Å². The Kier molecular flexibility index (Phi) is 3.81. The molecule has 96 valence electrons. The molecule has 1 aliphatic heterocycles. The Morgan fingerprint density at radius 1 is 1.39 bits per heavy atom. The Bertz CT molecular complexity index is 478. The highest BCUT2D eigenvalue weighted by Gasteiger charge is 2.32. The summed E-state index contributed by atoms with van der Waals surface area (Å²) in [7, 11) is 0. The zero-order chi connectivity index (χ0) is 13.1. The van der Waals surface area contributed by atoms with Crippen LogP contribution in [0.1, 0.15) is 29.8 Å². The fraction of sp³-hybridized carbons (Fsp3) is 0.417. The van der Waals surface area contributed by atoms with Crippen LogP contribution in [0.4, 0.5) is 0 Å².